The zero-order valence-corrected chi connectivity index (χ0v) is 15.8. The summed E-state index contributed by atoms with van der Waals surface area (Å²) in [5.74, 6) is 0.0916. The summed E-state index contributed by atoms with van der Waals surface area (Å²) >= 11 is 1.63. The van der Waals surface area contributed by atoms with Crippen LogP contribution in [0.5, 0.6) is 0 Å². The van der Waals surface area contributed by atoms with E-state index in [1.807, 2.05) is 54.6 Å². The van der Waals surface area contributed by atoms with Crippen LogP contribution in [-0.4, -0.2) is 33.0 Å². The third kappa shape index (κ3) is 4.67. The minimum Gasteiger partial charge on any atom is -0.390 e. The molecule has 2 heterocycles. The van der Waals surface area contributed by atoms with Gasteiger partial charge in [-0.3, -0.25) is 4.79 Å². The van der Waals surface area contributed by atoms with Crippen molar-refractivity contribution in [1.29, 1.82) is 0 Å². The van der Waals surface area contributed by atoms with Crippen LogP contribution in [0.25, 0.3) is 0 Å². The molecule has 1 aliphatic rings. The summed E-state index contributed by atoms with van der Waals surface area (Å²) in [5.41, 5.74) is 1.22. The van der Waals surface area contributed by atoms with Gasteiger partial charge in [-0.05, 0) is 63.6 Å². The maximum absolute atomic E-state index is 13.0. The molecule has 0 bridgehead atoms. The first-order chi connectivity index (χ1) is 11.9. The number of piperidine rings is 1. The number of amides is 1. The van der Waals surface area contributed by atoms with Gasteiger partial charge < -0.3 is 10.0 Å². The molecule has 5 heteroatoms. The number of aryl methyl sites for hydroxylation is 1. The van der Waals surface area contributed by atoms with Crippen LogP contribution in [-0.2, 0) is 6.42 Å². The Morgan fingerprint density at radius 2 is 2.08 bits per heavy atom. The van der Waals surface area contributed by atoms with Crippen molar-refractivity contribution >= 4 is 17.2 Å². The van der Waals surface area contributed by atoms with Gasteiger partial charge in [0.2, 0.25) is 0 Å². The van der Waals surface area contributed by atoms with Gasteiger partial charge in [-0.25, -0.2) is 4.98 Å². The van der Waals surface area contributed by atoms with Crippen molar-refractivity contribution in [3.05, 3.63) is 52.0 Å². The molecule has 1 saturated heterocycles. The quantitative estimate of drug-likeness (QED) is 0.871. The summed E-state index contributed by atoms with van der Waals surface area (Å²) in [5, 5.41) is 12.9. The number of carbonyl (C=O) groups excluding carboxylic acids is 1. The van der Waals surface area contributed by atoms with Crippen LogP contribution in [0, 0.1) is 0 Å². The molecule has 1 aliphatic heterocycles. The normalized spacial score (nSPS) is 18.4. The average molecular weight is 359 g/mol. The minimum atomic E-state index is -0.663. The Hall–Kier alpha value is -1.72. The summed E-state index contributed by atoms with van der Waals surface area (Å²) in [7, 11) is 0. The second kappa shape index (κ2) is 7.67. The van der Waals surface area contributed by atoms with Crippen LogP contribution in [0.1, 0.15) is 66.5 Å². The van der Waals surface area contributed by atoms with Gasteiger partial charge in [-0.2, -0.15) is 0 Å². The van der Waals surface area contributed by atoms with E-state index in [-0.39, 0.29) is 11.9 Å². The third-order valence-corrected chi connectivity index (χ3v) is 5.60. The summed E-state index contributed by atoms with van der Waals surface area (Å²) in [6.07, 6.45) is 6.51. The zero-order valence-electron chi connectivity index (χ0n) is 14.9. The molecular weight excluding hydrogens is 332 g/mol. The Bertz CT molecular complexity index is 689. The van der Waals surface area contributed by atoms with Crippen LogP contribution in [0.15, 0.2) is 35.8 Å². The van der Waals surface area contributed by atoms with E-state index in [1.54, 1.807) is 11.3 Å². The number of likely N-dealkylation sites (tertiary alicyclic amines) is 1. The predicted octanol–water partition coefficient (Wildman–Crippen LogP) is 4.21. The van der Waals surface area contributed by atoms with Gasteiger partial charge >= 0.3 is 0 Å². The minimum absolute atomic E-state index is 0.0916. The lowest BCUT2D eigenvalue weighted by Crippen LogP contribution is -2.38. The second-order valence-corrected chi connectivity index (χ2v) is 8.32. The molecular formula is C20H26N2O2S. The Morgan fingerprint density at radius 3 is 2.72 bits per heavy atom. The van der Waals surface area contributed by atoms with Gasteiger partial charge in [0.15, 0.2) is 0 Å². The van der Waals surface area contributed by atoms with E-state index in [4.69, 9.17) is 0 Å². The fourth-order valence-corrected chi connectivity index (χ4v) is 4.05. The van der Waals surface area contributed by atoms with Crippen molar-refractivity contribution in [3.63, 3.8) is 0 Å². The molecule has 0 spiro atoms. The zero-order chi connectivity index (χ0) is 17.9. The molecule has 1 aromatic heterocycles. The first-order valence-corrected chi connectivity index (χ1v) is 9.84. The molecule has 3 rings (SSSR count). The molecule has 1 fully saturated rings. The Morgan fingerprint density at radius 1 is 1.32 bits per heavy atom. The van der Waals surface area contributed by atoms with Crippen molar-refractivity contribution < 1.29 is 9.90 Å². The van der Waals surface area contributed by atoms with Crippen molar-refractivity contribution in [1.82, 2.24) is 9.88 Å². The number of thiazole rings is 1. The van der Waals surface area contributed by atoms with Crippen molar-refractivity contribution in [2.75, 3.05) is 6.54 Å². The molecule has 0 radical (unpaired) electrons. The Balaban J connectivity index is 1.71. The van der Waals surface area contributed by atoms with E-state index < -0.39 is 5.60 Å². The van der Waals surface area contributed by atoms with E-state index in [0.29, 0.717) is 6.42 Å². The number of rotatable bonds is 5. The summed E-state index contributed by atoms with van der Waals surface area (Å²) < 4.78 is 0. The number of carbonyl (C=O) groups is 1. The lowest BCUT2D eigenvalue weighted by Gasteiger charge is -2.34. The van der Waals surface area contributed by atoms with Crippen molar-refractivity contribution in [3.8, 4) is 0 Å². The fourth-order valence-electron chi connectivity index (χ4n) is 3.26. The largest absolute Gasteiger partial charge is 0.390 e. The standard InChI is InChI=1S/C20H26N2O2S/c1-20(2,24)11-10-15-6-8-16(9-7-15)19(23)22-13-4-3-5-17(22)18-21-12-14-25-18/h6-9,12,14,17,24H,3-5,10-11,13H2,1-2H3/t17-/m1/s1. The van der Waals surface area contributed by atoms with Gasteiger partial charge in [0.25, 0.3) is 5.91 Å². The molecule has 0 unspecified atom stereocenters. The topological polar surface area (TPSA) is 53.4 Å². The monoisotopic (exact) mass is 358 g/mol. The van der Waals surface area contributed by atoms with Gasteiger partial charge in [-0.1, -0.05) is 12.1 Å². The first kappa shape index (κ1) is 18.1. The van der Waals surface area contributed by atoms with Crippen LogP contribution in [0.2, 0.25) is 0 Å². The van der Waals surface area contributed by atoms with Crippen molar-refractivity contribution in [2.45, 2.75) is 57.6 Å². The number of hydrogen-bond acceptors (Lipinski definition) is 4. The highest BCUT2D eigenvalue weighted by atomic mass is 32.1. The van der Waals surface area contributed by atoms with E-state index in [0.717, 1.165) is 48.4 Å². The Kier molecular flexibility index (Phi) is 5.54. The average Bonchev–Trinajstić information content (AvgIpc) is 3.14. The van der Waals surface area contributed by atoms with Gasteiger partial charge in [0.1, 0.15) is 5.01 Å². The van der Waals surface area contributed by atoms with Gasteiger partial charge in [-0.15, -0.1) is 11.3 Å². The van der Waals surface area contributed by atoms with Crippen LogP contribution >= 0.6 is 11.3 Å². The number of benzene rings is 1. The smallest absolute Gasteiger partial charge is 0.254 e. The SMILES string of the molecule is CC(C)(O)CCc1ccc(C(=O)N2CCCC[C@@H]2c2nccs2)cc1. The van der Waals surface area contributed by atoms with Crippen molar-refractivity contribution in [2.24, 2.45) is 0 Å². The summed E-state index contributed by atoms with van der Waals surface area (Å²) in [4.78, 5) is 19.4. The highest BCUT2D eigenvalue weighted by Gasteiger charge is 2.30. The maximum atomic E-state index is 13.0. The molecule has 4 nitrogen and oxygen atoms in total. The van der Waals surface area contributed by atoms with Crippen LogP contribution in [0.3, 0.4) is 0 Å². The van der Waals surface area contributed by atoms with E-state index in [1.165, 1.54) is 0 Å². The van der Waals surface area contributed by atoms with E-state index in [9.17, 15) is 9.90 Å². The highest BCUT2D eigenvalue weighted by molar-refractivity contribution is 7.09. The number of hydrogen-bond donors (Lipinski definition) is 1. The van der Waals surface area contributed by atoms with Crippen LogP contribution in [0.4, 0.5) is 0 Å². The van der Waals surface area contributed by atoms with E-state index >= 15 is 0 Å². The molecule has 134 valence electrons. The number of nitrogens with zero attached hydrogens (tertiary/aromatic N) is 2. The lowest BCUT2D eigenvalue weighted by molar-refractivity contribution is 0.0610. The molecule has 25 heavy (non-hydrogen) atoms. The van der Waals surface area contributed by atoms with Gasteiger partial charge in [0.05, 0.1) is 11.6 Å². The third-order valence-electron chi connectivity index (χ3n) is 4.73. The highest BCUT2D eigenvalue weighted by Crippen LogP contribution is 2.33. The number of aliphatic hydroxyl groups is 1. The predicted molar refractivity (Wildman–Crippen MR) is 101 cm³/mol. The Labute approximate surface area is 153 Å². The second-order valence-electron chi connectivity index (χ2n) is 7.39. The molecule has 1 N–H and O–H groups in total. The van der Waals surface area contributed by atoms with E-state index in [2.05, 4.69) is 4.98 Å². The molecule has 1 amide bonds. The molecule has 1 aromatic carbocycles. The number of aromatic nitrogens is 1. The molecule has 0 saturated carbocycles. The lowest BCUT2D eigenvalue weighted by atomic mass is 9.97. The first-order valence-electron chi connectivity index (χ1n) is 8.96. The van der Waals surface area contributed by atoms with Gasteiger partial charge in [0, 0.05) is 23.7 Å². The maximum Gasteiger partial charge on any atom is 0.254 e. The summed E-state index contributed by atoms with van der Waals surface area (Å²) in [6.45, 7) is 4.43. The molecule has 0 aliphatic carbocycles. The summed E-state index contributed by atoms with van der Waals surface area (Å²) in [6, 6.07) is 7.93. The van der Waals surface area contributed by atoms with Crippen LogP contribution < -0.4 is 0 Å². The fraction of sp³-hybridized carbons (Fsp3) is 0.500. The molecule has 2 aromatic rings. The molecule has 1 atom stereocenters.